The van der Waals surface area contributed by atoms with Gasteiger partial charge in [-0.25, -0.2) is 0 Å². The molecule has 0 fully saturated rings. The van der Waals surface area contributed by atoms with Gasteiger partial charge in [-0.1, -0.05) is 30.3 Å². The lowest BCUT2D eigenvalue weighted by Gasteiger charge is -2.16. The van der Waals surface area contributed by atoms with Crippen LogP contribution in [0.5, 0.6) is 0 Å². The molecule has 0 aliphatic rings. The van der Waals surface area contributed by atoms with Crippen LogP contribution in [0.25, 0.3) is 0 Å². The third-order valence-electron chi connectivity index (χ3n) is 3.16. The second kappa shape index (κ2) is 6.49. The SMILES string of the molecule is CC(=O)c1cc([N+](=O)[O-])c(N(C)CCc2ccccc2)s1. The van der Waals surface area contributed by atoms with Crippen molar-refractivity contribution < 1.29 is 9.72 Å². The van der Waals surface area contributed by atoms with Gasteiger partial charge in [0, 0.05) is 19.7 Å². The van der Waals surface area contributed by atoms with E-state index in [9.17, 15) is 14.9 Å². The first kappa shape index (κ1) is 15.2. The maximum Gasteiger partial charge on any atom is 0.304 e. The number of hydrogen-bond donors (Lipinski definition) is 0. The first-order valence-electron chi connectivity index (χ1n) is 6.53. The van der Waals surface area contributed by atoms with Gasteiger partial charge in [-0.05, 0) is 18.9 Å². The summed E-state index contributed by atoms with van der Waals surface area (Å²) in [5.74, 6) is -0.147. The molecule has 0 unspecified atom stereocenters. The van der Waals surface area contributed by atoms with Crippen molar-refractivity contribution in [3.8, 4) is 0 Å². The number of carbonyl (C=O) groups is 1. The third kappa shape index (κ3) is 3.66. The largest absolute Gasteiger partial charge is 0.361 e. The highest BCUT2D eigenvalue weighted by Crippen LogP contribution is 2.37. The Labute approximate surface area is 127 Å². The van der Waals surface area contributed by atoms with Crippen LogP contribution in [0.2, 0.25) is 0 Å². The number of hydrogen-bond acceptors (Lipinski definition) is 5. The Morgan fingerprint density at radius 3 is 2.57 bits per heavy atom. The Morgan fingerprint density at radius 1 is 1.33 bits per heavy atom. The zero-order valence-corrected chi connectivity index (χ0v) is 12.7. The fourth-order valence-corrected chi connectivity index (χ4v) is 3.00. The molecule has 1 aromatic carbocycles. The van der Waals surface area contributed by atoms with Crippen molar-refractivity contribution in [2.75, 3.05) is 18.5 Å². The fraction of sp³-hybridized carbons (Fsp3) is 0.267. The minimum atomic E-state index is -0.433. The van der Waals surface area contributed by atoms with E-state index in [1.165, 1.54) is 29.9 Å². The average molecular weight is 304 g/mol. The van der Waals surface area contributed by atoms with Gasteiger partial charge < -0.3 is 4.90 Å². The number of thiophene rings is 1. The molecular formula is C15H16N2O3S. The van der Waals surface area contributed by atoms with E-state index in [4.69, 9.17) is 0 Å². The highest BCUT2D eigenvalue weighted by atomic mass is 32.1. The second-order valence-electron chi connectivity index (χ2n) is 4.77. The summed E-state index contributed by atoms with van der Waals surface area (Å²) in [4.78, 5) is 24.3. The molecule has 21 heavy (non-hydrogen) atoms. The molecule has 0 radical (unpaired) electrons. The molecule has 6 heteroatoms. The van der Waals surface area contributed by atoms with Gasteiger partial charge in [-0.15, -0.1) is 11.3 Å². The van der Waals surface area contributed by atoms with Gasteiger partial charge >= 0.3 is 5.69 Å². The van der Waals surface area contributed by atoms with E-state index in [1.54, 1.807) is 0 Å². The van der Waals surface area contributed by atoms with Crippen LogP contribution in [0.3, 0.4) is 0 Å². The monoisotopic (exact) mass is 304 g/mol. The molecule has 0 aliphatic carbocycles. The average Bonchev–Trinajstić information content (AvgIpc) is 2.91. The van der Waals surface area contributed by atoms with Gasteiger partial charge in [-0.3, -0.25) is 14.9 Å². The predicted octanol–water partition coefficient (Wildman–Crippen LogP) is 3.54. The van der Waals surface area contributed by atoms with Crippen LogP contribution in [0.4, 0.5) is 10.7 Å². The minimum absolute atomic E-state index is 0.000705. The smallest absolute Gasteiger partial charge is 0.304 e. The van der Waals surface area contributed by atoms with Crippen molar-refractivity contribution in [1.29, 1.82) is 0 Å². The summed E-state index contributed by atoms with van der Waals surface area (Å²) in [5, 5.41) is 11.6. The van der Waals surface area contributed by atoms with Gasteiger partial charge in [0.15, 0.2) is 10.8 Å². The standard InChI is InChI=1S/C15H16N2O3S/c1-11(18)14-10-13(17(19)20)15(21-14)16(2)9-8-12-6-4-3-5-7-12/h3-7,10H,8-9H2,1-2H3. The summed E-state index contributed by atoms with van der Waals surface area (Å²) in [7, 11) is 1.81. The third-order valence-corrected chi connectivity index (χ3v) is 4.50. The summed E-state index contributed by atoms with van der Waals surface area (Å²) in [6.07, 6.45) is 0.793. The molecule has 0 spiro atoms. The van der Waals surface area contributed by atoms with Gasteiger partial charge in [0.05, 0.1) is 9.80 Å². The van der Waals surface area contributed by atoms with Crippen molar-refractivity contribution >= 4 is 27.8 Å². The van der Waals surface area contributed by atoms with Gasteiger partial charge in [0.1, 0.15) is 0 Å². The summed E-state index contributed by atoms with van der Waals surface area (Å²) in [6.45, 7) is 2.08. The van der Waals surface area contributed by atoms with Crippen molar-refractivity contribution in [3.05, 3.63) is 57.0 Å². The first-order valence-corrected chi connectivity index (χ1v) is 7.35. The summed E-state index contributed by atoms with van der Waals surface area (Å²) in [5.41, 5.74) is 1.18. The first-order chi connectivity index (χ1) is 9.99. The number of carbonyl (C=O) groups excluding carboxylic acids is 1. The van der Waals surface area contributed by atoms with Crippen LogP contribution in [0.1, 0.15) is 22.2 Å². The Hall–Kier alpha value is -2.21. The van der Waals surface area contributed by atoms with Crippen molar-refractivity contribution in [1.82, 2.24) is 0 Å². The number of nitrogens with zero attached hydrogens (tertiary/aromatic N) is 2. The van der Waals surface area contributed by atoms with E-state index in [-0.39, 0.29) is 11.5 Å². The molecule has 110 valence electrons. The van der Waals surface area contributed by atoms with Crippen LogP contribution < -0.4 is 4.90 Å². The summed E-state index contributed by atoms with van der Waals surface area (Å²) < 4.78 is 0. The molecule has 0 aliphatic heterocycles. The predicted molar refractivity (Wildman–Crippen MR) is 84.4 cm³/mol. The molecule has 0 amide bonds. The van der Waals surface area contributed by atoms with E-state index in [0.29, 0.717) is 16.4 Å². The van der Waals surface area contributed by atoms with E-state index < -0.39 is 4.92 Å². The Kier molecular flexibility index (Phi) is 4.70. The second-order valence-corrected chi connectivity index (χ2v) is 5.80. The van der Waals surface area contributed by atoms with E-state index >= 15 is 0 Å². The van der Waals surface area contributed by atoms with Gasteiger partial charge in [0.2, 0.25) is 0 Å². The topological polar surface area (TPSA) is 63.4 Å². The molecule has 1 aromatic heterocycles. The number of anilines is 1. The van der Waals surface area contributed by atoms with E-state index in [2.05, 4.69) is 0 Å². The number of likely N-dealkylation sites (N-methyl/N-ethyl adjacent to an activating group) is 1. The number of nitro groups is 1. The van der Waals surface area contributed by atoms with Crippen LogP contribution in [0.15, 0.2) is 36.4 Å². The van der Waals surface area contributed by atoms with Crippen molar-refractivity contribution in [2.45, 2.75) is 13.3 Å². The molecule has 2 aromatic rings. The number of ketones is 1. The molecule has 0 saturated heterocycles. The maximum absolute atomic E-state index is 11.4. The Morgan fingerprint density at radius 2 is 2.00 bits per heavy atom. The lowest BCUT2D eigenvalue weighted by molar-refractivity contribution is -0.383. The number of Topliss-reactive ketones (excluding diaryl/α,β-unsaturated/α-hetero) is 1. The van der Waals surface area contributed by atoms with Crippen molar-refractivity contribution in [3.63, 3.8) is 0 Å². The molecule has 1 heterocycles. The van der Waals surface area contributed by atoms with E-state index in [1.807, 2.05) is 42.3 Å². The highest BCUT2D eigenvalue weighted by molar-refractivity contribution is 7.18. The van der Waals surface area contributed by atoms with Crippen LogP contribution >= 0.6 is 11.3 Å². The Bertz CT molecular complexity index is 652. The molecule has 5 nitrogen and oxygen atoms in total. The minimum Gasteiger partial charge on any atom is -0.361 e. The fourth-order valence-electron chi connectivity index (χ4n) is 1.99. The molecule has 0 bridgehead atoms. The number of rotatable bonds is 6. The van der Waals surface area contributed by atoms with Crippen molar-refractivity contribution in [2.24, 2.45) is 0 Å². The zero-order valence-electron chi connectivity index (χ0n) is 11.9. The zero-order chi connectivity index (χ0) is 15.4. The molecule has 0 saturated carbocycles. The Balaban J connectivity index is 2.16. The summed E-state index contributed by atoms with van der Waals surface area (Å²) in [6, 6.07) is 11.3. The molecule has 0 N–H and O–H groups in total. The normalized spacial score (nSPS) is 10.4. The van der Waals surface area contributed by atoms with Gasteiger partial charge in [-0.2, -0.15) is 0 Å². The van der Waals surface area contributed by atoms with Crippen LogP contribution in [0, 0.1) is 10.1 Å². The summed E-state index contributed by atoms with van der Waals surface area (Å²) >= 11 is 1.17. The lowest BCUT2D eigenvalue weighted by Crippen LogP contribution is -2.20. The van der Waals surface area contributed by atoms with E-state index in [0.717, 1.165) is 6.42 Å². The molecule has 2 rings (SSSR count). The highest BCUT2D eigenvalue weighted by Gasteiger charge is 2.23. The lowest BCUT2D eigenvalue weighted by atomic mass is 10.1. The molecular weight excluding hydrogens is 288 g/mol. The quantitative estimate of drug-likeness (QED) is 0.465. The van der Waals surface area contributed by atoms with Crippen LogP contribution in [-0.4, -0.2) is 24.3 Å². The molecule has 0 atom stereocenters. The maximum atomic E-state index is 11.4. The van der Waals surface area contributed by atoms with Gasteiger partial charge in [0.25, 0.3) is 0 Å². The van der Waals surface area contributed by atoms with Crippen LogP contribution in [-0.2, 0) is 6.42 Å². The number of benzene rings is 1.